The molecule has 1 heterocycles. The highest BCUT2D eigenvalue weighted by molar-refractivity contribution is 5.67. The predicted octanol–water partition coefficient (Wildman–Crippen LogP) is 3.28. The van der Waals surface area contributed by atoms with Crippen LogP contribution in [-0.2, 0) is 11.2 Å². The Labute approximate surface area is 121 Å². The van der Waals surface area contributed by atoms with Gasteiger partial charge in [0.1, 0.15) is 0 Å². The third kappa shape index (κ3) is 3.89. The van der Waals surface area contributed by atoms with E-state index in [2.05, 4.69) is 36.5 Å². The van der Waals surface area contributed by atoms with E-state index in [1.54, 1.807) is 4.90 Å². The standard InChI is InChI=1S/C16H24N2O2/c1-3-13-5-7-14(8-6-13)17-15-9-11-18(12-10-15)16(19)20-4-2/h5-8,15,17H,3-4,9-12H2,1-2H3. The molecule has 0 aromatic heterocycles. The summed E-state index contributed by atoms with van der Waals surface area (Å²) in [6.45, 7) is 5.98. The van der Waals surface area contributed by atoms with Crippen LogP contribution >= 0.6 is 0 Å². The molecule has 1 aromatic rings. The highest BCUT2D eigenvalue weighted by Gasteiger charge is 2.23. The third-order valence-electron chi connectivity index (χ3n) is 3.75. The van der Waals surface area contributed by atoms with Crippen molar-refractivity contribution in [3.63, 3.8) is 0 Å². The third-order valence-corrected chi connectivity index (χ3v) is 3.75. The lowest BCUT2D eigenvalue weighted by atomic mass is 10.0. The van der Waals surface area contributed by atoms with Gasteiger partial charge in [-0.1, -0.05) is 19.1 Å². The summed E-state index contributed by atoms with van der Waals surface area (Å²) in [5, 5.41) is 3.54. The zero-order chi connectivity index (χ0) is 14.4. The first-order valence-electron chi connectivity index (χ1n) is 7.50. The Morgan fingerprint density at radius 3 is 2.45 bits per heavy atom. The molecule has 4 nitrogen and oxygen atoms in total. The van der Waals surface area contributed by atoms with Gasteiger partial charge < -0.3 is 15.0 Å². The Bertz CT molecular complexity index is 423. The van der Waals surface area contributed by atoms with Crippen molar-refractivity contribution < 1.29 is 9.53 Å². The fourth-order valence-electron chi connectivity index (χ4n) is 2.49. The van der Waals surface area contributed by atoms with Gasteiger partial charge in [-0.25, -0.2) is 4.79 Å². The van der Waals surface area contributed by atoms with Crippen LogP contribution in [0.3, 0.4) is 0 Å². The van der Waals surface area contributed by atoms with Crippen molar-refractivity contribution in [1.82, 2.24) is 4.90 Å². The van der Waals surface area contributed by atoms with Crippen molar-refractivity contribution in [3.8, 4) is 0 Å². The zero-order valence-electron chi connectivity index (χ0n) is 12.4. The minimum atomic E-state index is -0.182. The van der Waals surface area contributed by atoms with Crippen LogP contribution in [0, 0.1) is 0 Å². The van der Waals surface area contributed by atoms with E-state index in [1.165, 1.54) is 5.56 Å². The molecular formula is C16H24N2O2. The smallest absolute Gasteiger partial charge is 0.409 e. The van der Waals surface area contributed by atoms with Crippen molar-refractivity contribution in [2.75, 3.05) is 25.0 Å². The summed E-state index contributed by atoms with van der Waals surface area (Å²) in [6.07, 6.45) is 2.82. The molecule has 0 atom stereocenters. The normalized spacial score (nSPS) is 16.0. The second kappa shape index (κ2) is 7.17. The predicted molar refractivity (Wildman–Crippen MR) is 81.1 cm³/mol. The van der Waals surface area contributed by atoms with Crippen LogP contribution in [0.25, 0.3) is 0 Å². The van der Waals surface area contributed by atoms with Crippen LogP contribution in [0.5, 0.6) is 0 Å². The number of amides is 1. The number of aryl methyl sites for hydroxylation is 1. The summed E-state index contributed by atoms with van der Waals surface area (Å²) < 4.78 is 5.03. The van der Waals surface area contributed by atoms with Crippen molar-refractivity contribution in [3.05, 3.63) is 29.8 Å². The maximum atomic E-state index is 11.6. The molecule has 0 saturated carbocycles. The molecule has 2 rings (SSSR count). The van der Waals surface area contributed by atoms with Gasteiger partial charge in [0.2, 0.25) is 0 Å². The van der Waals surface area contributed by atoms with Crippen LogP contribution in [-0.4, -0.2) is 36.7 Å². The lowest BCUT2D eigenvalue weighted by Crippen LogP contribution is -2.42. The minimum Gasteiger partial charge on any atom is -0.450 e. The average molecular weight is 276 g/mol. The number of likely N-dealkylation sites (tertiary alicyclic amines) is 1. The summed E-state index contributed by atoms with van der Waals surface area (Å²) >= 11 is 0. The fourth-order valence-corrected chi connectivity index (χ4v) is 2.49. The van der Waals surface area contributed by atoms with E-state index in [9.17, 15) is 4.79 Å². The Morgan fingerprint density at radius 2 is 1.90 bits per heavy atom. The van der Waals surface area contributed by atoms with Crippen molar-refractivity contribution >= 4 is 11.8 Å². The fraction of sp³-hybridized carbons (Fsp3) is 0.562. The van der Waals surface area contributed by atoms with Crippen molar-refractivity contribution in [2.45, 2.75) is 39.2 Å². The van der Waals surface area contributed by atoms with Crippen molar-refractivity contribution in [2.24, 2.45) is 0 Å². The van der Waals surface area contributed by atoms with E-state index in [-0.39, 0.29) is 6.09 Å². The van der Waals surface area contributed by atoms with E-state index >= 15 is 0 Å². The zero-order valence-corrected chi connectivity index (χ0v) is 12.4. The lowest BCUT2D eigenvalue weighted by molar-refractivity contribution is 0.0983. The molecule has 1 N–H and O–H groups in total. The monoisotopic (exact) mass is 276 g/mol. The van der Waals surface area contributed by atoms with Gasteiger partial charge in [-0.15, -0.1) is 0 Å². The van der Waals surface area contributed by atoms with E-state index in [0.29, 0.717) is 12.6 Å². The van der Waals surface area contributed by atoms with Gasteiger partial charge in [-0.2, -0.15) is 0 Å². The maximum absolute atomic E-state index is 11.6. The molecule has 1 fully saturated rings. The molecule has 0 unspecified atom stereocenters. The second-order valence-corrected chi connectivity index (χ2v) is 5.16. The highest BCUT2D eigenvalue weighted by atomic mass is 16.6. The number of anilines is 1. The molecule has 0 bridgehead atoms. The number of hydrogen-bond donors (Lipinski definition) is 1. The first-order chi connectivity index (χ1) is 9.72. The van der Waals surface area contributed by atoms with Gasteiger partial charge in [0.05, 0.1) is 6.61 Å². The molecule has 1 aromatic carbocycles. The molecule has 1 aliphatic heterocycles. The number of benzene rings is 1. The molecule has 0 spiro atoms. The Kier molecular flexibility index (Phi) is 5.27. The van der Waals surface area contributed by atoms with Gasteiger partial charge in [-0.3, -0.25) is 0 Å². The Balaban J connectivity index is 1.80. The highest BCUT2D eigenvalue weighted by Crippen LogP contribution is 2.18. The largest absolute Gasteiger partial charge is 0.450 e. The number of hydrogen-bond acceptors (Lipinski definition) is 3. The van der Waals surface area contributed by atoms with Crippen LogP contribution in [0.4, 0.5) is 10.5 Å². The van der Waals surface area contributed by atoms with E-state index in [0.717, 1.165) is 38.0 Å². The topological polar surface area (TPSA) is 41.6 Å². The molecule has 0 aliphatic carbocycles. The quantitative estimate of drug-likeness (QED) is 0.917. The molecule has 20 heavy (non-hydrogen) atoms. The lowest BCUT2D eigenvalue weighted by Gasteiger charge is -2.32. The minimum absolute atomic E-state index is 0.182. The first-order valence-corrected chi connectivity index (χ1v) is 7.50. The van der Waals surface area contributed by atoms with Gasteiger partial charge >= 0.3 is 6.09 Å². The Morgan fingerprint density at radius 1 is 1.25 bits per heavy atom. The van der Waals surface area contributed by atoms with E-state index in [1.807, 2.05) is 6.92 Å². The molecule has 1 saturated heterocycles. The summed E-state index contributed by atoms with van der Waals surface area (Å²) in [5.74, 6) is 0. The maximum Gasteiger partial charge on any atom is 0.409 e. The number of rotatable bonds is 4. The van der Waals surface area contributed by atoms with Gasteiger partial charge in [0, 0.05) is 24.8 Å². The summed E-state index contributed by atoms with van der Waals surface area (Å²) in [5.41, 5.74) is 2.52. The average Bonchev–Trinajstić information content (AvgIpc) is 2.49. The number of nitrogens with zero attached hydrogens (tertiary/aromatic N) is 1. The summed E-state index contributed by atoms with van der Waals surface area (Å²) in [4.78, 5) is 13.4. The van der Waals surface area contributed by atoms with Gasteiger partial charge in [0.15, 0.2) is 0 Å². The summed E-state index contributed by atoms with van der Waals surface area (Å²) in [6, 6.07) is 9.03. The van der Waals surface area contributed by atoms with Gasteiger partial charge in [0.25, 0.3) is 0 Å². The molecule has 110 valence electrons. The Hall–Kier alpha value is -1.71. The number of carbonyl (C=O) groups excluding carboxylic acids is 1. The number of piperidine rings is 1. The summed E-state index contributed by atoms with van der Waals surface area (Å²) in [7, 11) is 0. The van der Waals surface area contributed by atoms with Crippen molar-refractivity contribution in [1.29, 1.82) is 0 Å². The number of nitrogens with one attached hydrogen (secondary N) is 1. The number of ether oxygens (including phenoxy) is 1. The van der Waals surface area contributed by atoms with Crippen LogP contribution in [0.1, 0.15) is 32.3 Å². The molecule has 1 aliphatic rings. The molecule has 1 amide bonds. The van der Waals surface area contributed by atoms with Crippen LogP contribution < -0.4 is 5.32 Å². The van der Waals surface area contributed by atoms with E-state index in [4.69, 9.17) is 4.74 Å². The number of carbonyl (C=O) groups is 1. The van der Waals surface area contributed by atoms with Crippen LogP contribution in [0.2, 0.25) is 0 Å². The SMILES string of the molecule is CCOC(=O)N1CCC(Nc2ccc(CC)cc2)CC1. The van der Waals surface area contributed by atoms with Crippen LogP contribution in [0.15, 0.2) is 24.3 Å². The first kappa shape index (κ1) is 14.7. The molecule has 0 radical (unpaired) electrons. The molecule has 4 heteroatoms. The van der Waals surface area contributed by atoms with E-state index < -0.39 is 0 Å². The molecular weight excluding hydrogens is 252 g/mol. The van der Waals surface area contributed by atoms with Gasteiger partial charge in [-0.05, 0) is 43.9 Å². The second-order valence-electron chi connectivity index (χ2n) is 5.16.